The second kappa shape index (κ2) is 6.74. The Kier molecular flexibility index (Phi) is 5.31. The number of hydrogen-bond acceptors (Lipinski definition) is 4. The van der Waals surface area contributed by atoms with Crippen LogP contribution < -0.4 is 9.47 Å². The van der Waals surface area contributed by atoms with Crippen LogP contribution in [0.2, 0.25) is 0 Å². The summed E-state index contributed by atoms with van der Waals surface area (Å²) in [6.07, 6.45) is -0.244. The van der Waals surface area contributed by atoms with Crippen LogP contribution in [0.1, 0.15) is 12.0 Å². The fourth-order valence-corrected chi connectivity index (χ4v) is 1.78. The molecule has 20 heavy (non-hydrogen) atoms. The number of ether oxygens (including phenoxy) is 2. The van der Waals surface area contributed by atoms with Crippen LogP contribution >= 0.6 is 0 Å². The Hall–Kier alpha value is -2.31. The van der Waals surface area contributed by atoms with Gasteiger partial charge < -0.3 is 19.7 Å². The number of aryl methyl sites for hydroxylation is 1. The monoisotopic (exact) mass is 286 g/mol. The molecule has 0 aromatic heterocycles. The second-order valence-corrected chi connectivity index (χ2v) is 4.04. The summed E-state index contributed by atoms with van der Waals surface area (Å²) < 4.78 is 23.9. The van der Waals surface area contributed by atoms with Gasteiger partial charge in [-0.2, -0.15) is 0 Å². The van der Waals surface area contributed by atoms with Gasteiger partial charge in [-0.3, -0.25) is 9.59 Å². The van der Waals surface area contributed by atoms with E-state index in [1.165, 1.54) is 26.4 Å². The van der Waals surface area contributed by atoms with E-state index in [-0.39, 0.29) is 29.9 Å². The van der Waals surface area contributed by atoms with Crippen LogP contribution in [-0.2, 0) is 16.0 Å². The number of rotatable bonds is 7. The number of benzene rings is 1. The van der Waals surface area contributed by atoms with Crippen LogP contribution in [0.5, 0.6) is 11.5 Å². The maximum atomic E-state index is 14.1. The maximum Gasteiger partial charge on any atom is 0.317 e. The predicted molar refractivity (Wildman–Crippen MR) is 66.6 cm³/mol. The minimum atomic E-state index is -1.57. The molecule has 0 spiro atoms. The van der Waals surface area contributed by atoms with E-state index in [0.29, 0.717) is 0 Å². The summed E-state index contributed by atoms with van der Waals surface area (Å²) in [5.74, 6) is -5.02. The lowest BCUT2D eigenvalue weighted by molar-refractivity contribution is -0.154. The number of methoxy groups -OCH3 is 2. The van der Waals surface area contributed by atoms with Gasteiger partial charge in [0.15, 0.2) is 23.2 Å². The fourth-order valence-electron chi connectivity index (χ4n) is 1.78. The van der Waals surface area contributed by atoms with Crippen molar-refractivity contribution in [1.29, 1.82) is 0 Å². The van der Waals surface area contributed by atoms with Crippen molar-refractivity contribution in [1.82, 2.24) is 0 Å². The average Bonchev–Trinajstić information content (AvgIpc) is 2.39. The Morgan fingerprint density at radius 1 is 1.20 bits per heavy atom. The van der Waals surface area contributed by atoms with Crippen molar-refractivity contribution in [3.8, 4) is 11.5 Å². The molecule has 2 N–H and O–H groups in total. The predicted octanol–water partition coefficient (Wildman–Crippen LogP) is 1.56. The van der Waals surface area contributed by atoms with Crippen molar-refractivity contribution in [2.24, 2.45) is 5.92 Å². The number of carboxylic acids is 2. The standard InChI is InChI=1S/C13H15FO6/c1-19-9-6-4-7(10(14)11(9)20-2)3-5-8(12(15)16)13(17)18/h4,6,8H,3,5H2,1-2H3,(H,15,16)(H,17,18). The molecule has 110 valence electrons. The van der Waals surface area contributed by atoms with Gasteiger partial charge in [0.05, 0.1) is 14.2 Å². The molecule has 1 aromatic rings. The highest BCUT2D eigenvalue weighted by Crippen LogP contribution is 2.32. The van der Waals surface area contributed by atoms with Crippen molar-refractivity contribution in [2.75, 3.05) is 14.2 Å². The molecule has 1 rings (SSSR count). The molecule has 0 amide bonds. The lowest BCUT2D eigenvalue weighted by atomic mass is 9.99. The van der Waals surface area contributed by atoms with Gasteiger partial charge in [-0.05, 0) is 24.5 Å². The quantitative estimate of drug-likeness (QED) is 0.739. The van der Waals surface area contributed by atoms with E-state index >= 15 is 0 Å². The fraction of sp³-hybridized carbons (Fsp3) is 0.385. The topological polar surface area (TPSA) is 93.1 Å². The molecule has 0 heterocycles. The van der Waals surface area contributed by atoms with Gasteiger partial charge in [0.25, 0.3) is 0 Å². The molecule has 7 heteroatoms. The molecule has 0 radical (unpaired) electrons. The second-order valence-electron chi connectivity index (χ2n) is 4.04. The number of hydrogen-bond donors (Lipinski definition) is 2. The SMILES string of the molecule is COc1ccc(CCC(C(=O)O)C(=O)O)c(F)c1OC. The van der Waals surface area contributed by atoms with Gasteiger partial charge in [-0.1, -0.05) is 6.07 Å². The maximum absolute atomic E-state index is 14.1. The summed E-state index contributed by atoms with van der Waals surface area (Å²) in [5.41, 5.74) is 0.176. The molecule has 0 unspecified atom stereocenters. The third-order valence-corrected chi connectivity index (χ3v) is 2.86. The van der Waals surface area contributed by atoms with E-state index in [9.17, 15) is 14.0 Å². The first-order chi connectivity index (χ1) is 9.42. The van der Waals surface area contributed by atoms with Crippen molar-refractivity contribution in [3.05, 3.63) is 23.5 Å². The Bertz CT molecular complexity index is 500. The number of carboxylic acid groups (broad SMARTS) is 2. The van der Waals surface area contributed by atoms with E-state index in [0.717, 1.165) is 0 Å². The summed E-state index contributed by atoms with van der Waals surface area (Å²) in [4.78, 5) is 21.5. The number of halogens is 1. The molecule has 0 saturated heterocycles. The van der Waals surface area contributed by atoms with Crippen molar-refractivity contribution in [2.45, 2.75) is 12.8 Å². The van der Waals surface area contributed by atoms with E-state index < -0.39 is 23.7 Å². The van der Waals surface area contributed by atoms with Gasteiger partial charge in [0, 0.05) is 0 Å². The molecule has 1 aromatic carbocycles. The lowest BCUT2D eigenvalue weighted by Crippen LogP contribution is -2.24. The van der Waals surface area contributed by atoms with Crippen LogP contribution in [-0.4, -0.2) is 36.4 Å². The van der Waals surface area contributed by atoms with Crippen molar-refractivity contribution in [3.63, 3.8) is 0 Å². The summed E-state index contributed by atoms with van der Waals surface area (Å²) in [7, 11) is 2.64. The highest BCUT2D eigenvalue weighted by atomic mass is 19.1. The van der Waals surface area contributed by atoms with Gasteiger partial charge in [0.1, 0.15) is 0 Å². The molecular weight excluding hydrogens is 271 g/mol. The van der Waals surface area contributed by atoms with Crippen LogP contribution in [0.15, 0.2) is 12.1 Å². The van der Waals surface area contributed by atoms with Gasteiger partial charge in [-0.15, -0.1) is 0 Å². The molecule has 0 aliphatic carbocycles. The first-order valence-electron chi connectivity index (χ1n) is 5.77. The molecule has 6 nitrogen and oxygen atoms in total. The van der Waals surface area contributed by atoms with Crippen molar-refractivity contribution < 1.29 is 33.7 Å². The van der Waals surface area contributed by atoms with Crippen LogP contribution in [0.25, 0.3) is 0 Å². The number of carbonyl (C=O) groups is 2. The average molecular weight is 286 g/mol. The molecule has 0 fully saturated rings. The lowest BCUT2D eigenvalue weighted by Gasteiger charge is -2.12. The Morgan fingerprint density at radius 3 is 2.25 bits per heavy atom. The first kappa shape index (κ1) is 15.7. The molecule has 0 saturated carbocycles. The first-order valence-corrected chi connectivity index (χ1v) is 5.77. The number of aliphatic carboxylic acids is 2. The normalized spacial score (nSPS) is 10.4. The molecule has 0 atom stereocenters. The summed E-state index contributed by atoms with van der Waals surface area (Å²) >= 11 is 0. The van der Waals surface area contributed by atoms with Gasteiger partial charge in [-0.25, -0.2) is 4.39 Å². The minimum Gasteiger partial charge on any atom is -0.493 e. The van der Waals surface area contributed by atoms with Crippen LogP contribution in [0.3, 0.4) is 0 Å². The third kappa shape index (κ3) is 3.37. The van der Waals surface area contributed by atoms with E-state index in [1.807, 2.05) is 0 Å². The van der Waals surface area contributed by atoms with Gasteiger partial charge in [0.2, 0.25) is 0 Å². The molecule has 0 bridgehead atoms. The minimum absolute atomic E-state index is 0.0323. The summed E-state index contributed by atoms with van der Waals surface area (Å²) in [5, 5.41) is 17.5. The molecule has 0 aliphatic heterocycles. The zero-order valence-corrected chi connectivity index (χ0v) is 11.1. The largest absolute Gasteiger partial charge is 0.493 e. The third-order valence-electron chi connectivity index (χ3n) is 2.86. The zero-order chi connectivity index (χ0) is 15.3. The zero-order valence-electron chi connectivity index (χ0n) is 11.1. The van der Waals surface area contributed by atoms with Crippen LogP contribution in [0, 0.1) is 11.7 Å². The molecule has 0 aliphatic rings. The van der Waals surface area contributed by atoms with Crippen molar-refractivity contribution >= 4 is 11.9 Å². The highest BCUT2D eigenvalue weighted by Gasteiger charge is 2.26. The van der Waals surface area contributed by atoms with E-state index in [1.54, 1.807) is 0 Å². The summed E-state index contributed by atoms with van der Waals surface area (Å²) in [6.45, 7) is 0. The van der Waals surface area contributed by atoms with Crippen LogP contribution in [0.4, 0.5) is 4.39 Å². The van der Waals surface area contributed by atoms with E-state index in [4.69, 9.17) is 19.7 Å². The highest BCUT2D eigenvalue weighted by molar-refractivity contribution is 5.92. The Morgan fingerprint density at radius 2 is 1.80 bits per heavy atom. The van der Waals surface area contributed by atoms with Gasteiger partial charge >= 0.3 is 11.9 Å². The Labute approximate surface area is 114 Å². The Balaban J connectivity index is 2.93. The summed E-state index contributed by atoms with van der Waals surface area (Å²) in [6, 6.07) is 2.89. The molecular formula is C13H15FO6. The smallest absolute Gasteiger partial charge is 0.317 e. The van der Waals surface area contributed by atoms with E-state index in [2.05, 4.69) is 0 Å².